The molecule has 1 aliphatic rings. The predicted octanol–water partition coefficient (Wildman–Crippen LogP) is 1.17. The van der Waals surface area contributed by atoms with Gasteiger partial charge in [0.25, 0.3) is 0 Å². The quantitative estimate of drug-likeness (QED) is 0.655. The molecule has 3 N–H and O–H groups in total. The van der Waals surface area contributed by atoms with Gasteiger partial charge in [0.1, 0.15) is 18.9 Å². The number of rotatable bonds is 8. The van der Waals surface area contributed by atoms with E-state index < -0.39 is 0 Å². The Balaban J connectivity index is 1.42. The summed E-state index contributed by atoms with van der Waals surface area (Å²) in [5.41, 5.74) is 2.46. The molecule has 2 aromatic rings. The van der Waals surface area contributed by atoms with E-state index in [9.17, 15) is 4.79 Å². The zero-order chi connectivity index (χ0) is 18.9. The first-order valence-corrected chi connectivity index (χ1v) is 9.72. The highest BCUT2D eigenvalue weighted by molar-refractivity contribution is 5.78. The van der Waals surface area contributed by atoms with Gasteiger partial charge in [-0.2, -0.15) is 0 Å². The van der Waals surface area contributed by atoms with Crippen LogP contribution in [0.25, 0.3) is 0 Å². The fourth-order valence-corrected chi connectivity index (χ4v) is 3.52. The van der Waals surface area contributed by atoms with Crippen LogP contribution in [-0.4, -0.2) is 37.3 Å². The Kier molecular flexibility index (Phi) is 7.25. The Morgan fingerprint density at radius 2 is 1.74 bits per heavy atom. The summed E-state index contributed by atoms with van der Waals surface area (Å²) < 4.78 is 5.84. The molecule has 0 unspecified atom stereocenters. The molecular weight excluding hydrogens is 340 g/mol. The zero-order valence-corrected chi connectivity index (χ0v) is 15.7. The van der Waals surface area contributed by atoms with E-state index in [1.165, 1.54) is 10.5 Å². The summed E-state index contributed by atoms with van der Waals surface area (Å²) in [5, 5.41) is 11.6. The van der Waals surface area contributed by atoms with Crippen LogP contribution in [0.5, 0.6) is 5.75 Å². The van der Waals surface area contributed by atoms with Gasteiger partial charge >= 0.3 is 0 Å². The van der Waals surface area contributed by atoms with Gasteiger partial charge in [0.15, 0.2) is 0 Å². The first-order chi connectivity index (χ1) is 13.2. The maximum absolute atomic E-state index is 12.0. The van der Waals surface area contributed by atoms with Crippen molar-refractivity contribution < 1.29 is 19.5 Å². The van der Waals surface area contributed by atoms with Crippen LogP contribution in [0.1, 0.15) is 24.0 Å². The summed E-state index contributed by atoms with van der Waals surface area (Å²) in [6.07, 6.45) is 1.82. The standard InChI is InChI=1S/C22H28N2O3/c25-15-12-23-22(26)20-10-13-24(14-11-20)16-18-6-8-21(9-7-18)27-17-19-4-2-1-3-5-19/h1-9,20,25H,10-17H2,(H,23,26)/p+1. The highest BCUT2D eigenvalue weighted by Gasteiger charge is 2.27. The van der Waals surface area contributed by atoms with Crippen LogP contribution in [0.15, 0.2) is 54.6 Å². The lowest BCUT2D eigenvalue weighted by atomic mass is 9.95. The number of amides is 1. The smallest absolute Gasteiger partial charge is 0.223 e. The average molecular weight is 369 g/mol. The second-order valence-corrected chi connectivity index (χ2v) is 7.13. The summed E-state index contributed by atoms with van der Waals surface area (Å²) in [6, 6.07) is 18.5. The number of aliphatic hydroxyl groups is 1. The van der Waals surface area contributed by atoms with Crippen molar-refractivity contribution in [3.05, 3.63) is 65.7 Å². The second kappa shape index (κ2) is 10.1. The zero-order valence-electron chi connectivity index (χ0n) is 15.7. The normalized spacial score (nSPS) is 19.4. The van der Waals surface area contributed by atoms with Gasteiger partial charge in [0.2, 0.25) is 5.91 Å². The van der Waals surface area contributed by atoms with Crippen LogP contribution in [0.3, 0.4) is 0 Å². The third-order valence-electron chi connectivity index (χ3n) is 5.10. The van der Waals surface area contributed by atoms with Crippen LogP contribution in [-0.2, 0) is 17.9 Å². The maximum Gasteiger partial charge on any atom is 0.223 e. The SMILES string of the molecule is O=C(NCCO)C1CC[NH+](Cc2ccc(OCc3ccccc3)cc2)CC1. The molecule has 5 heteroatoms. The van der Waals surface area contributed by atoms with Gasteiger partial charge in [-0.1, -0.05) is 30.3 Å². The van der Waals surface area contributed by atoms with Crippen molar-refractivity contribution in [3.8, 4) is 5.75 Å². The van der Waals surface area contributed by atoms with Crippen LogP contribution < -0.4 is 15.0 Å². The molecule has 0 spiro atoms. The fourth-order valence-electron chi connectivity index (χ4n) is 3.52. The second-order valence-electron chi connectivity index (χ2n) is 7.13. The number of ether oxygens (including phenoxy) is 1. The monoisotopic (exact) mass is 369 g/mol. The summed E-state index contributed by atoms with van der Waals surface area (Å²) in [5.74, 6) is 1.06. The van der Waals surface area contributed by atoms with E-state index in [-0.39, 0.29) is 18.4 Å². The molecule has 0 radical (unpaired) electrons. The van der Waals surface area contributed by atoms with Gasteiger partial charge < -0.3 is 20.1 Å². The third-order valence-corrected chi connectivity index (χ3v) is 5.10. The van der Waals surface area contributed by atoms with Crippen molar-refractivity contribution in [1.82, 2.24) is 5.32 Å². The average Bonchev–Trinajstić information content (AvgIpc) is 2.73. The van der Waals surface area contributed by atoms with Crippen LogP contribution in [0, 0.1) is 5.92 Å². The number of piperidine rings is 1. The number of carbonyl (C=O) groups is 1. The van der Waals surface area contributed by atoms with Gasteiger partial charge in [0.05, 0.1) is 19.7 Å². The molecule has 27 heavy (non-hydrogen) atoms. The Hall–Kier alpha value is -2.37. The number of aliphatic hydroxyl groups excluding tert-OH is 1. The van der Waals surface area contributed by atoms with Crippen molar-refractivity contribution >= 4 is 5.91 Å². The summed E-state index contributed by atoms with van der Waals surface area (Å²) in [7, 11) is 0. The van der Waals surface area contributed by atoms with Crippen molar-refractivity contribution in [2.45, 2.75) is 26.0 Å². The Morgan fingerprint density at radius 3 is 2.41 bits per heavy atom. The van der Waals surface area contributed by atoms with E-state index in [0.29, 0.717) is 13.2 Å². The Bertz CT molecular complexity index is 695. The topological polar surface area (TPSA) is 63.0 Å². The van der Waals surface area contributed by atoms with Gasteiger partial charge in [-0.25, -0.2) is 0 Å². The highest BCUT2D eigenvalue weighted by atomic mass is 16.5. The lowest BCUT2D eigenvalue weighted by Crippen LogP contribution is -3.11. The molecule has 1 amide bonds. The first-order valence-electron chi connectivity index (χ1n) is 9.72. The molecule has 0 saturated carbocycles. The van der Waals surface area contributed by atoms with Gasteiger partial charge in [-0.05, 0) is 29.8 Å². The van der Waals surface area contributed by atoms with Crippen molar-refractivity contribution in [2.24, 2.45) is 5.92 Å². The third kappa shape index (κ3) is 6.08. The minimum Gasteiger partial charge on any atom is -0.489 e. The summed E-state index contributed by atoms with van der Waals surface area (Å²) in [6.45, 7) is 3.92. The van der Waals surface area contributed by atoms with Crippen LogP contribution >= 0.6 is 0 Å². The fraction of sp³-hybridized carbons (Fsp3) is 0.409. The Labute approximate surface area is 161 Å². The number of nitrogens with one attached hydrogen (secondary N) is 2. The maximum atomic E-state index is 12.0. The van der Waals surface area contributed by atoms with Crippen LogP contribution in [0.2, 0.25) is 0 Å². The highest BCUT2D eigenvalue weighted by Crippen LogP contribution is 2.15. The van der Waals surface area contributed by atoms with Crippen molar-refractivity contribution in [3.63, 3.8) is 0 Å². The van der Waals surface area contributed by atoms with Gasteiger partial charge in [-0.15, -0.1) is 0 Å². The summed E-state index contributed by atoms with van der Waals surface area (Å²) in [4.78, 5) is 13.5. The molecule has 3 rings (SSSR count). The lowest BCUT2D eigenvalue weighted by Gasteiger charge is -2.28. The summed E-state index contributed by atoms with van der Waals surface area (Å²) >= 11 is 0. The molecule has 0 aromatic heterocycles. The molecule has 0 atom stereocenters. The van der Waals surface area contributed by atoms with Gasteiger partial charge in [-0.3, -0.25) is 4.79 Å². The Morgan fingerprint density at radius 1 is 1.04 bits per heavy atom. The number of carbonyl (C=O) groups excluding carboxylic acids is 1. The molecule has 1 heterocycles. The molecular formula is C22H29N2O3+. The van der Waals surface area contributed by atoms with E-state index in [1.54, 1.807) is 0 Å². The van der Waals surface area contributed by atoms with E-state index >= 15 is 0 Å². The van der Waals surface area contributed by atoms with E-state index in [1.807, 2.05) is 30.3 Å². The minimum absolute atomic E-state index is 0.000886. The van der Waals surface area contributed by atoms with E-state index in [4.69, 9.17) is 9.84 Å². The molecule has 144 valence electrons. The molecule has 0 bridgehead atoms. The van der Waals surface area contributed by atoms with Gasteiger partial charge in [0, 0.05) is 30.9 Å². The van der Waals surface area contributed by atoms with Crippen LogP contribution in [0.4, 0.5) is 0 Å². The molecule has 2 aromatic carbocycles. The predicted molar refractivity (Wildman–Crippen MR) is 104 cm³/mol. The number of benzene rings is 2. The first kappa shape index (κ1) is 19.4. The number of likely N-dealkylation sites (tertiary alicyclic amines) is 1. The molecule has 1 aliphatic heterocycles. The van der Waals surface area contributed by atoms with Crippen molar-refractivity contribution in [1.29, 1.82) is 0 Å². The number of hydrogen-bond acceptors (Lipinski definition) is 3. The lowest BCUT2D eigenvalue weighted by molar-refractivity contribution is -0.919. The molecule has 0 aliphatic carbocycles. The largest absolute Gasteiger partial charge is 0.489 e. The molecule has 1 saturated heterocycles. The minimum atomic E-state index is 0.000886. The number of quaternary nitrogens is 1. The molecule has 1 fully saturated rings. The molecule has 5 nitrogen and oxygen atoms in total. The van der Waals surface area contributed by atoms with Crippen molar-refractivity contribution in [2.75, 3.05) is 26.2 Å². The van der Waals surface area contributed by atoms with E-state index in [0.717, 1.165) is 43.8 Å². The number of hydrogen-bond donors (Lipinski definition) is 3. The van der Waals surface area contributed by atoms with E-state index in [2.05, 4.69) is 29.6 Å².